The van der Waals surface area contributed by atoms with Crippen LogP contribution in [-0.2, 0) is 13.0 Å². The fraction of sp³-hybridized carbons (Fsp3) is 0.400. The Bertz CT molecular complexity index is 1310. The van der Waals surface area contributed by atoms with Crippen LogP contribution in [-0.4, -0.2) is 43.9 Å². The van der Waals surface area contributed by atoms with Crippen molar-refractivity contribution < 1.29 is 13.6 Å². The largest absolute Gasteiger partial charge is 0.368 e. The van der Waals surface area contributed by atoms with Gasteiger partial charge in [0.1, 0.15) is 11.7 Å². The van der Waals surface area contributed by atoms with Gasteiger partial charge in [0.2, 0.25) is 0 Å². The molecule has 0 bridgehead atoms. The van der Waals surface area contributed by atoms with Crippen molar-refractivity contribution in [3.05, 3.63) is 71.9 Å². The molecule has 0 radical (unpaired) electrons. The highest BCUT2D eigenvalue weighted by molar-refractivity contribution is 6.01. The number of allylic oxidation sites excluding steroid dienone is 3. The van der Waals surface area contributed by atoms with Gasteiger partial charge in [0.25, 0.3) is 5.91 Å². The van der Waals surface area contributed by atoms with E-state index in [1.165, 1.54) is 17.8 Å². The van der Waals surface area contributed by atoms with E-state index >= 15 is 0 Å². The molecule has 6 rings (SSSR count). The average molecular weight is 465 g/mol. The van der Waals surface area contributed by atoms with E-state index < -0.39 is 5.92 Å². The lowest BCUT2D eigenvalue weighted by atomic mass is 9.89. The second kappa shape index (κ2) is 8.38. The fourth-order valence-corrected chi connectivity index (χ4v) is 5.58. The SMILES string of the molecule is O=C(NC1CCc2ccnn2C1)c1cnn2ccc(N3CCC[C@@H]3C3CC(F)=CC=C3F)cc12. The number of carbonyl (C=O) groups is 1. The molecule has 1 saturated heterocycles. The van der Waals surface area contributed by atoms with Gasteiger partial charge in [0.05, 0.1) is 23.8 Å². The molecule has 3 atom stereocenters. The maximum Gasteiger partial charge on any atom is 0.255 e. The number of nitrogens with one attached hydrogen (secondary N) is 1. The third-order valence-electron chi connectivity index (χ3n) is 7.32. The quantitative estimate of drug-likeness (QED) is 0.635. The van der Waals surface area contributed by atoms with Gasteiger partial charge in [0, 0.05) is 54.7 Å². The number of aromatic nitrogens is 4. The summed E-state index contributed by atoms with van der Waals surface area (Å²) in [5.74, 6) is -1.21. The van der Waals surface area contributed by atoms with Gasteiger partial charge in [-0.05, 0) is 56.0 Å². The van der Waals surface area contributed by atoms with E-state index in [2.05, 4.69) is 20.4 Å². The number of hydrogen-bond donors (Lipinski definition) is 1. The molecule has 0 saturated carbocycles. The molecule has 9 heteroatoms. The summed E-state index contributed by atoms with van der Waals surface area (Å²) in [7, 11) is 0. The maximum absolute atomic E-state index is 14.6. The molecule has 2 aliphatic heterocycles. The molecule has 1 amide bonds. The molecule has 1 aliphatic carbocycles. The highest BCUT2D eigenvalue weighted by Crippen LogP contribution is 2.39. The Morgan fingerprint density at radius 2 is 2.06 bits per heavy atom. The number of anilines is 1. The average Bonchev–Trinajstić information content (AvgIpc) is 3.59. The lowest BCUT2D eigenvalue weighted by Gasteiger charge is -2.33. The van der Waals surface area contributed by atoms with E-state index in [-0.39, 0.29) is 36.1 Å². The highest BCUT2D eigenvalue weighted by Gasteiger charge is 2.36. The molecule has 3 aromatic heterocycles. The van der Waals surface area contributed by atoms with Gasteiger partial charge in [-0.1, -0.05) is 0 Å². The summed E-state index contributed by atoms with van der Waals surface area (Å²) >= 11 is 0. The molecule has 34 heavy (non-hydrogen) atoms. The molecular weight excluding hydrogens is 438 g/mol. The second-order valence-electron chi connectivity index (χ2n) is 9.37. The standard InChI is InChI=1S/C25H26F2N6O/c26-16-3-6-22(27)20(12-16)23-2-1-10-31(23)19-8-11-32-24(13-19)21(14-29-32)25(34)30-17-4-5-18-7-9-28-33(18)15-17/h3,6-9,11,13-14,17,20,23H,1-2,4-5,10,12,15H2,(H,30,34)/t17?,20?,23-/m1/s1. The van der Waals surface area contributed by atoms with Crippen molar-refractivity contribution in [3.8, 4) is 0 Å². The lowest BCUT2D eigenvalue weighted by molar-refractivity contribution is 0.0928. The first-order valence-electron chi connectivity index (χ1n) is 11.8. The summed E-state index contributed by atoms with van der Waals surface area (Å²) < 4.78 is 32.1. The van der Waals surface area contributed by atoms with E-state index in [0.717, 1.165) is 37.9 Å². The van der Waals surface area contributed by atoms with Crippen LogP contribution in [0, 0.1) is 5.92 Å². The zero-order valence-electron chi connectivity index (χ0n) is 18.7. The van der Waals surface area contributed by atoms with E-state index in [1.807, 2.05) is 29.1 Å². The molecule has 0 aromatic carbocycles. The first-order chi connectivity index (χ1) is 16.6. The molecule has 3 aromatic rings. The van der Waals surface area contributed by atoms with Crippen LogP contribution in [0.5, 0.6) is 0 Å². The minimum atomic E-state index is -0.491. The van der Waals surface area contributed by atoms with E-state index in [0.29, 0.717) is 17.6 Å². The van der Waals surface area contributed by atoms with Crippen molar-refractivity contribution in [2.24, 2.45) is 5.92 Å². The predicted octanol–water partition coefficient (Wildman–Crippen LogP) is 3.97. The number of halogens is 2. The van der Waals surface area contributed by atoms with Gasteiger partial charge in [-0.15, -0.1) is 0 Å². The maximum atomic E-state index is 14.6. The molecule has 1 fully saturated rings. The summed E-state index contributed by atoms with van der Waals surface area (Å²) in [5, 5.41) is 11.8. The number of pyridine rings is 1. The van der Waals surface area contributed by atoms with Crippen LogP contribution < -0.4 is 10.2 Å². The first kappa shape index (κ1) is 21.1. The highest BCUT2D eigenvalue weighted by atomic mass is 19.1. The molecule has 1 N–H and O–H groups in total. The summed E-state index contributed by atoms with van der Waals surface area (Å²) in [6.07, 6.45) is 11.2. The number of carbonyl (C=O) groups excluding carboxylic acids is 1. The Balaban J connectivity index is 1.24. The molecule has 176 valence electrons. The number of aryl methyl sites for hydroxylation is 1. The number of rotatable bonds is 4. The first-order valence-corrected chi connectivity index (χ1v) is 11.8. The van der Waals surface area contributed by atoms with Gasteiger partial charge in [-0.25, -0.2) is 13.3 Å². The molecule has 7 nitrogen and oxygen atoms in total. The van der Waals surface area contributed by atoms with Gasteiger partial charge in [0.15, 0.2) is 0 Å². The third-order valence-corrected chi connectivity index (χ3v) is 7.32. The fourth-order valence-electron chi connectivity index (χ4n) is 5.58. The zero-order valence-corrected chi connectivity index (χ0v) is 18.7. The molecule has 5 heterocycles. The number of hydrogen-bond acceptors (Lipinski definition) is 4. The van der Waals surface area contributed by atoms with E-state index in [9.17, 15) is 13.6 Å². The van der Waals surface area contributed by atoms with Crippen molar-refractivity contribution >= 4 is 17.1 Å². The smallest absolute Gasteiger partial charge is 0.255 e. The second-order valence-corrected chi connectivity index (χ2v) is 9.37. The molecule has 3 aliphatic rings. The van der Waals surface area contributed by atoms with Gasteiger partial charge < -0.3 is 10.2 Å². The van der Waals surface area contributed by atoms with Crippen LogP contribution >= 0.6 is 0 Å². The normalized spacial score (nSPS) is 24.6. The lowest BCUT2D eigenvalue weighted by Crippen LogP contribution is -2.41. The topological polar surface area (TPSA) is 67.5 Å². The van der Waals surface area contributed by atoms with Crippen LogP contribution in [0.3, 0.4) is 0 Å². The zero-order chi connectivity index (χ0) is 23.2. The number of amides is 1. The molecule has 0 spiro atoms. The van der Waals surface area contributed by atoms with E-state index in [1.54, 1.807) is 16.9 Å². The Kier molecular flexibility index (Phi) is 5.19. The van der Waals surface area contributed by atoms with Crippen molar-refractivity contribution in [3.63, 3.8) is 0 Å². The van der Waals surface area contributed by atoms with Crippen molar-refractivity contribution in [1.29, 1.82) is 0 Å². The summed E-state index contributed by atoms with van der Waals surface area (Å²) in [4.78, 5) is 15.3. The van der Waals surface area contributed by atoms with E-state index in [4.69, 9.17) is 0 Å². The van der Waals surface area contributed by atoms with Gasteiger partial charge >= 0.3 is 0 Å². The monoisotopic (exact) mass is 464 g/mol. The van der Waals surface area contributed by atoms with Gasteiger partial charge in [-0.3, -0.25) is 9.48 Å². The van der Waals surface area contributed by atoms with Crippen LogP contribution in [0.25, 0.3) is 5.52 Å². The molecular formula is C25H26F2N6O. The van der Waals surface area contributed by atoms with Crippen molar-refractivity contribution in [2.45, 2.75) is 50.7 Å². The Morgan fingerprint density at radius 3 is 2.97 bits per heavy atom. The Hall–Kier alpha value is -3.49. The van der Waals surface area contributed by atoms with Crippen LogP contribution in [0.15, 0.2) is 60.6 Å². The van der Waals surface area contributed by atoms with Crippen LogP contribution in [0.4, 0.5) is 14.5 Å². The number of fused-ring (bicyclic) bond motifs is 2. The number of nitrogens with zero attached hydrogens (tertiary/aromatic N) is 5. The Labute approximate surface area is 195 Å². The summed E-state index contributed by atoms with van der Waals surface area (Å²) in [5.41, 5.74) is 3.28. The summed E-state index contributed by atoms with van der Waals surface area (Å²) in [6.45, 7) is 1.42. The predicted molar refractivity (Wildman–Crippen MR) is 124 cm³/mol. The summed E-state index contributed by atoms with van der Waals surface area (Å²) in [6, 6.07) is 5.75. The van der Waals surface area contributed by atoms with Crippen molar-refractivity contribution in [2.75, 3.05) is 11.4 Å². The van der Waals surface area contributed by atoms with Crippen LogP contribution in [0.1, 0.15) is 41.7 Å². The minimum absolute atomic E-state index is 0.00464. The molecule has 2 unspecified atom stereocenters. The minimum Gasteiger partial charge on any atom is -0.368 e. The van der Waals surface area contributed by atoms with Crippen molar-refractivity contribution in [1.82, 2.24) is 24.7 Å². The third kappa shape index (κ3) is 3.69. The van der Waals surface area contributed by atoms with Gasteiger partial charge in [-0.2, -0.15) is 10.2 Å². The van der Waals surface area contributed by atoms with Crippen LogP contribution in [0.2, 0.25) is 0 Å². The Morgan fingerprint density at radius 1 is 1.15 bits per heavy atom.